The molecule has 0 bridgehead atoms. The van der Waals surface area contributed by atoms with Crippen LogP contribution in [0.15, 0.2) is 79.0 Å². The summed E-state index contributed by atoms with van der Waals surface area (Å²) in [5.41, 5.74) is 0.779. The van der Waals surface area contributed by atoms with Crippen molar-refractivity contribution in [1.82, 2.24) is 9.88 Å². The zero-order chi connectivity index (χ0) is 32.6. The molecule has 0 saturated carbocycles. The predicted molar refractivity (Wildman–Crippen MR) is 173 cm³/mol. The number of methoxy groups -OCH3 is 2. The topological polar surface area (TPSA) is 76.2 Å². The van der Waals surface area contributed by atoms with E-state index in [0.717, 1.165) is 42.4 Å². The first-order valence-electron chi connectivity index (χ1n) is 14.7. The highest BCUT2D eigenvalue weighted by Crippen LogP contribution is 2.39. The summed E-state index contributed by atoms with van der Waals surface area (Å²) in [6.45, 7) is 1.66. The van der Waals surface area contributed by atoms with Gasteiger partial charge in [0.15, 0.2) is 11.5 Å². The third kappa shape index (κ3) is 6.10. The number of hydrogen-bond donors (Lipinski definition) is 1. The number of benzene rings is 4. The number of likely N-dealkylation sites (N-methyl/N-ethyl adjacent to an activating group) is 2. The van der Waals surface area contributed by atoms with Crippen LogP contribution in [0.4, 0.5) is 24.5 Å². The first kappa shape index (κ1) is 31.0. The smallest absolute Gasteiger partial charge is 0.416 e. The van der Waals surface area contributed by atoms with E-state index in [4.69, 9.17) is 14.2 Å². The molecule has 4 aromatic carbocycles. The summed E-state index contributed by atoms with van der Waals surface area (Å²) in [4.78, 5) is 22.2. The first-order valence-corrected chi connectivity index (χ1v) is 14.7. The SMILES string of the molecule is COc1cc2nccc(Oc3ccc4c(C(=O)Nc5cc(C(F)(F)F)ccc5N(C)C5CCN(C)C5)cccc4c3)c2cc1OC. The minimum atomic E-state index is -4.56. The van der Waals surface area contributed by atoms with E-state index < -0.39 is 17.6 Å². The van der Waals surface area contributed by atoms with Crippen LogP contribution in [0.3, 0.4) is 0 Å². The highest BCUT2D eigenvalue weighted by molar-refractivity contribution is 6.14. The van der Waals surface area contributed by atoms with E-state index in [1.54, 1.807) is 68.9 Å². The summed E-state index contributed by atoms with van der Waals surface area (Å²) in [6.07, 6.45) is -2.05. The Hall–Kier alpha value is -5.03. The monoisotopic (exact) mass is 630 g/mol. The Balaban J connectivity index is 1.31. The fourth-order valence-corrected chi connectivity index (χ4v) is 5.92. The van der Waals surface area contributed by atoms with Crippen LogP contribution < -0.4 is 24.4 Å². The lowest BCUT2D eigenvalue weighted by atomic mass is 10.0. The molecule has 1 N–H and O–H groups in total. The number of fused-ring (bicyclic) bond motifs is 2. The molecule has 5 aromatic rings. The number of alkyl halides is 3. The van der Waals surface area contributed by atoms with Gasteiger partial charge in [-0.25, -0.2) is 0 Å². The Labute approximate surface area is 264 Å². The van der Waals surface area contributed by atoms with Gasteiger partial charge in [-0.15, -0.1) is 0 Å². The standard InChI is InChI=1S/C35H33F3N4O4/c1-41-15-13-23(20-41)42(2)30-11-8-22(35(36,37)38)17-29(30)40-34(43)26-7-5-6-21-16-24(9-10-25(21)26)46-31-12-14-39-28-19-33(45-4)32(44-3)18-27(28)31/h5-12,14,16-19,23H,13,15,20H2,1-4H3,(H,40,43). The molecular weight excluding hydrogens is 597 g/mol. The molecule has 1 fully saturated rings. The highest BCUT2D eigenvalue weighted by atomic mass is 19.4. The predicted octanol–water partition coefficient (Wildman–Crippen LogP) is 7.61. The second-order valence-corrected chi connectivity index (χ2v) is 11.3. The third-order valence-electron chi connectivity index (χ3n) is 8.40. The van der Waals surface area contributed by atoms with Crippen LogP contribution in [-0.4, -0.2) is 63.2 Å². The molecule has 1 unspecified atom stereocenters. The van der Waals surface area contributed by atoms with Crippen LogP contribution in [0.2, 0.25) is 0 Å². The van der Waals surface area contributed by atoms with Gasteiger partial charge < -0.3 is 29.3 Å². The average molecular weight is 631 g/mol. The van der Waals surface area contributed by atoms with Crippen LogP contribution in [0.5, 0.6) is 23.0 Å². The second kappa shape index (κ2) is 12.4. The molecule has 1 amide bonds. The molecule has 46 heavy (non-hydrogen) atoms. The van der Waals surface area contributed by atoms with E-state index in [1.165, 1.54) is 6.07 Å². The van der Waals surface area contributed by atoms with Crippen LogP contribution in [0, 0.1) is 0 Å². The summed E-state index contributed by atoms with van der Waals surface area (Å²) in [5.74, 6) is 1.64. The number of carbonyl (C=O) groups excluding carboxylic acids is 1. The van der Waals surface area contributed by atoms with Crippen molar-refractivity contribution in [3.8, 4) is 23.0 Å². The summed E-state index contributed by atoms with van der Waals surface area (Å²) in [5, 5.41) is 4.85. The van der Waals surface area contributed by atoms with Crippen molar-refractivity contribution in [2.45, 2.75) is 18.6 Å². The van der Waals surface area contributed by atoms with E-state index in [9.17, 15) is 18.0 Å². The number of pyridine rings is 1. The maximum atomic E-state index is 13.7. The Morgan fingerprint density at radius 2 is 1.74 bits per heavy atom. The Bertz CT molecular complexity index is 1930. The summed E-state index contributed by atoms with van der Waals surface area (Å²) in [6, 6.07) is 19.4. The van der Waals surface area contributed by atoms with Crippen molar-refractivity contribution < 1.29 is 32.2 Å². The zero-order valence-electron chi connectivity index (χ0n) is 25.8. The Kier molecular flexibility index (Phi) is 8.35. The van der Waals surface area contributed by atoms with E-state index in [-0.39, 0.29) is 11.7 Å². The minimum absolute atomic E-state index is 0.102. The third-order valence-corrected chi connectivity index (χ3v) is 8.40. The molecule has 0 spiro atoms. The van der Waals surface area contributed by atoms with Crippen molar-refractivity contribution in [1.29, 1.82) is 0 Å². The van der Waals surface area contributed by atoms with Crippen molar-refractivity contribution in [2.75, 3.05) is 51.6 Å². The van der Waals surface area contributed by atoms with Crippen LogP contribution in [0.1, 0.15) is 22.3 Å². The molecule has 6 rings (SSSR count). The lowest BCUT2D eigenvalue weighted by Crippen LogP contribution is -2.34. The molecule has 0 aliphatic carbocycles. The Morgan fingerprint density at radius 3 is 2.46 bits per heavy atom. The zero-order valence-corrected chi connectivity index (χ0v) is 25.8. The molecule has 2 heterocycles. The Morgan fingerprint density at radius 1 is 0.957 bits per heavy atom. The normalized spacial score (nSPS) is 15.2. The van der Waals surface area contributed by atoms with E-state index in [1.807, 2.05) is 25.1 Å². The minimum Gasteiger partial charge on any atom is -0.493 e. The van der Waals surface area contributed by atoms with Gasteiger partial charge in [-0.3, -0.25) is 9.78 Å². The lowest BCUT2D eigenvalue weighted by molar-refractivity contribution is -0.137. The highest BCUT2D eigenvalue weighted by Gasteiger charge is 2.33. The van der Waals surface area contributed by atoms with Gasteiger partial charge in [0.1, 0.15) is 11.5 Å². The first-order chi connectivity index (χ1) is 22.0. The largest absolute Gasteiger partial charge is 0.493 e. The van der Waals surface area contributed by atoms with Gasteiger partial charge in [0.2, 0.25) is 0 Å². The van der Waals surface area contributed by atoms with Gasteiger partial charge in [0, 0.05) is 42.8 Å². The number of amides is 1. The molecule has 1 aromatic heterocycles. The number of nitrogens with zero attached hydrogens (tertiary/aromatic N) is 3. The average Bonchev–Trinajstić information content (AvgIpc) is 3.49. The summed E-state index contributed by atoms with van der Waals surface area (Å²) in [7, 11) is 6.96. The number of likely N-dealkylation sites (tertiary alicyclic amines) is 1. The quantitative estimate of drug-likeness (QED) is 0.189. The van der Waals surface area contributed by atoms with Crippen molar-refractivity contribution >= 4 is 39.0 Å². The molecule has 1 aliphatic rings. The summed E-state index contributed by atoms with van der Waals surface area (Å²) < 4.78 is 58.2. The van der Waals surface area contributed by atoms with Gasteiger partial charge >= 0.3 is 6.18 Å². The number of hydrogen-bond acceptors (Lipinski definition) is 7. The van der Waals surface area contributed by atoms with Gasteiger partial charge in [0.05, 0.1) is 36.7 Å². The van der Waals surface area contributed by atoms with Gasteiger partial charge in [-0.05, 0) is 85.4 Å². The fourth-order valence-electron chi connectivity index (χ4n) is 5.92. The number of ether oxygens (including phenoxy) is 3. The molecular formula is C35H33F3N4O4. The number of anilines is 2. The van der Waals surface area contributed by atoms with Gasteiger partial charge in [-0.2, -0.15) is 13.2 Å². The van der Waals surface area contributed by atoms with E-state index >= 15 is 0 Å². The lowest BCUT2D eigenvalue weighted by Gasteiger charge is -2.29. The fraction of sp³-hybridized carbons (Fsp3) is 0.257. The van der Waals surface area contributed by atoms with Gasteiger partial charge in [0.25, 0.3) is 5.91 Å². The molecule has 0 radical (unpaired) electrons. The number of halogens is 3. The van der Waals surface area contributed by atoms with Gasteiger partial charge in [-0.1, -0.05) is 12.1 Å². The van der Waals surface area contributed by atoms with Crippen molar-refractivity contribution in [3.63, 3.8) is 0 Å². The molecule has 11 heteroatoms. The molecule has 1 atom stereocenters. The van der Waals surface area contributed by atoms with E-state index in [2.05, 4.69) is 15.2 Å². The van der Waals surface area contributed by atoms with Crippen LogP contribution in [0.25, 0.3) is 21.7 Å². The second-order valence-electron chi connectivity index (χ2n) is 11.3. The number of rotatable bonds is 8. The van der Waals surface area contributed by atoms with Crippen LogP contribution >= 0.6 is 0 Å². The van der Waals surface area contributed by atoms with E-state index in [0.29, 0.717) is 45.2 Å². The van der Waals surface area contributed by atoms with Crippen molar-refractivity contribution in [3.05, 3.63) is 90.1 Å². The maximum Gasteiger partial charge on any atom is 0.416 e. The number of nitrogens with one attached hydrogen (secondary N) is 1. The molecule has 1 saturated heterocycles. The van der Waals surface area contributed by atoms with Crippen LogP contribution in [-0.2, 0) is 6.18 Å². The molecule has 8 nitrogen and oxygen atoms in total. The number of aromatic nitrogens is 1. The summed E-state index contributed by atoms with van der Waals surface area (Å²) >= 11 is 0. The molecule has 1 aliphatic heterocycles. The molecule has 238 valence electrons. The maximum absolute atomic E-state index is 13.7. The van der Waals surface area contributed by atoms with Crippen molar-refractivity contribution in [2.24, 2.45) is 0 Å². The number of carbonyl (C=O) groups is 1.